The van der Waals surface area contributed by atoms with Crippen molar-refractivity contribution in [1.29, 1.82) is 0 Å². The lowest BCUT2D eigenvalue weighted by molar-refractivity contribution is -0.172. The highest BCUT2D eigenvalue weighted by atomic mass is 32.2. The molecule has 2 aromatic carbocycles. The second kappa shape index (κ2) is 17.4. The molecule has 3 aliphatic carbocycles. The molecule has 5 rings (SSSR count). The van der Waals surface area contributed by atoms with E-state index in [0.29, 0.717) is 11.5 Å². The van der Waals surface area contributed by atoms with Crippen molar-refractivity contribution < 1.29 is 47.5 Å². The van der Waals surface area contributed by atoms with Crippen LogP contribution < -0.4 is 9.47 Å². The fourth-order valence-electron chi connectivity index (χ4n) is 8.74. The monoisotopic (exact) mass is 764 g/mol. The Morgan fingerprint density at radius 2 is 1.48 bits per heavy atom. The summed E-state index contributed by atoms with van der Waals surface area (Å²) >= 11 is -1.90. The number of aliphatic hydroxyl groups excluding tert-OH is 2. The quantitative estimate of drug-likeness (QED) is 0.0942. The first-order valence-electron chi connectivity index (χ1n) is 18.9. The molecule has 54 heavy (non-hydrogen) atoms. The molecule has 11 heteroatoms. The Kier molecular flexibility index (Phi) is 13.3. The van der Waals surface area contributed by atoms with Crippen molar-refractivity contribution in [3.8, 4) is 11.5 Å². The molecule has 3 aliphatic rings. The van der Waals surface area contributed by atoms with Crippen molar-refractivity contribution in [2.75, 3.05) is 26.4 Å². The highest BCUT2D eigenvalue weighted by Gasteiger charge is 2.57. The van der Waals surface area contributed by atoms with E-state index < -0.39 is 34.7 Å². The van der Waals surface area contributed by atoms with Gasteiger partial charge in [0.25, 0.3) is 0 Å². The maximum atomic E-state index is 13.7. The normalized spacial score (nSPS) is 26.0. The van der Waals surface area contributed by atoms with Crippen LogP contribution in [-0.2, 0) is 35.6 Å². The summed E-state index contributed by atoms with van der Waals surface area (Å²) in [6, 6.07) is 15.3. The summed E-state index contributed by atoms with van der Waals surface area (Å²) in [6.07, 6.45) is 8.54. The molecule has 2 aromatic rings. The van der Waals surface area contributed by atoms with Gasteiger partial charge in [0, 0.05) is 11.5 Å². The van der Waals surface area contributed by atoms with Crippen LogP contribution >= 0.6 is 0 Å². The van der Waals surface area contributed by atoms with Gasteiger partial charge in [-0.1, -0.05) is 75.8 Å². The summed E-state index contributed by atoms with van der Waals surface area (Å²) in [6.45, 7) is 13.3. The Balaban J connectivity index is 1.11. The molecule has 8 unspecified atom stereocenters. The molecule has 10 nitrogen and oxygen atoms in total. The van der Waals surface area contributed by atoms with E-state index in [1.54, 1.807) is 6.92 Å². The minimum atomic E-state index is -1.90. The standard InChI is InChI=1S/C43H56O10S/c1-7-39(46)52-26-33(44)24-50-35-15-11-31(12-16-35)41(3,4)32-13-17-36(18-14-32)51-25-34(45)27-53-40(47)43(6)22-8-21-42(5)37-19-9-29(28(2)54(48)49)23-30(37)10-20-38(42)43/h7,10-18,23,28,33-34,37-38,44-45H,1,8-9,19-22,24-27H2,2-6H3,(H,48,49). The fourth-order valence-corrected chi connectivity index (χ4v) is 9.19. The van der Waals surface area contributed by atoms with Gasteiger partial charge in [0.15, 0.2) is 11.1 Å². The predicted molar refractivity (Wildman–Crippen MR) is 207 cm³/mol. The number of carbonyl (C=O) groups excluding carboxylic acids is 2. The Morgan fingerprint density at radius 1 is 0.926 bits per heavy atom. The number of hydrogen-bond donors (Lipinski definition) is 3. The minimum Gasteiger partial charge on any atom is -0.491 e. The van der Waals surface area contributed by atoms with Gasteiger partial charge in [-0.2, -0.15) is 0 Å². The molecule has 0 spiro atoms. The smallest absolute Gasteiger partial charge is 0.330 e. The molecular weight excluding hydrogens is 709 g/mol. The number of ether oxygens (including phenoxy) is 4. The number of aliphatic hydroxyl groups is 2. The third kappa shape index (κ3) is 9.18. The molecule has 294 valence electrons. The van der Waals surface area contributed by atoms with Crippen molar-refractivity contribution >= 4 is 23.0 Å². The van der Waals surface area contributed by atoms with E-state index in [1.165, 1.54) is 5.57 Å². The van der Waals surface area contributed by atoms with Crippen LogP contribution in [0.15, 0.2) is 84.5 Å². The van der Waals surface area contributed by atoms with E-state index >= 15 is 0 Å². The number of esters is 2. The van der Waals surface area contributed by atoms with Crippen LogP contribution in [-0.4, -0.2) is 74.8 Å². The first-order valence-corrected chi connectivity index (χ1v) is 20.0. The van der Waals surface area contributed by atoms with E-state index in [4.69, 9.17) is 18.9 Å². The van der Waals surface area contributed by atoms with Crippen molar-refractivity contribution in [3.05, 3.63) is 95.6 Å². The fraction of sp³-hybridized carbons (Fsp3) is 0.535. The molecule has 0 saturated heterocycles. The minimum absolute atomic E-state index is 0.0250. The number of rotatable bonds is 16. The number of fused-ring (bicyclic) bond motifs is 3. The number of benzene rings is 2. The average Bonchev–Trinajstić information content (AvgIpc) is 3.16. The third-order valence-electron chi connectivity index (χ3n) is 12.2. The number of carbonyl (C=O) groups is 2. The lowest BCUT2D eigenvalue weighted by Crippen LogP contribution is -2.53. The van der Waals surface area contributed by atoms with E-state index in [1.807, 2.05) is 55.5 Å². The first-order chi connectivity index (χ1) is 25.6. The van der Waals surface area contributed by atoms with Crippen LogP contribution in [0.1, 0.15) is 84.3 Å². The van der Waals surface area contributed by atoms with Gasteiger partial charge in [-0.05, 0) is 104 Å². The summed E-state index contributed by atoms with van der Waals surface area (Å²) < 4.78 is 43.6. The van der Waals surface area contributed by atoms with Gasteiger partial charge in [-0.15, -0.1) is 0 Å². The zero-order valence-electron chi connectivity index (χ0n) is 32.1. The average molecular weight is 765 g/mol. The molecule has 3 N–H and O–H groups in total. The SMILES string of the molecule is C=CC(=O)OCC(O)COc1ccc(C(C)(C)c2ccc(OCC(O)COC(=O)C3(C)CCCC4(C)C5CCC(C(C)S(=O)O)=CC5=CCC34)cc2)cc1. The van der Waals surface area contributed by atoms with Crippen LogP contribution in [0.2, 0.25) is 0 Å². The van der Waals surface area contributed by atoms with Crippen LogP contribution in [0.3, 0.4) is 0 Å². The summed E-state index contributed by atoms with van der Waals surface area (Å²) in [5.74, 6) is 0.677. The molecule has 0 aliphatic heterocycles. The van der Waals surface area contributed by atoms with Gasteiger partial charge in [0.1, 0.15) is 50.1 Å². The van der Waals surface area contributed by atoms with Gasteiger partial charge < -0.3 is 33.7 Å². The van der Waals surface area contributed by atoms with E-state index in [-0.39, 0.29) is 60.3 Å². The van der Waals surface area contributed by atoms with E-state index in [0.717, 1.165) is 61.3 Å². The number of hydrogen-bond acceptors (Lipinski definition) is 9. The van der Waals surface area contributed by atoms with Crippen LogP contribution in [0.5, 0.6) is 11.5 Å². The lowest BCUT2D eigenvalue weighted by Gasteiger charge is -2.57. The Hall–Kier alpha value is -3.77. The van der Waals surface area contributed by atoms with Crippen LogP contribution in [0.25, 0.3) is 0 Å². The zero-order valence-corrected chi connectivity index (χ0v) is 32.9. The largest absolute Gasteiger partial charge is 0.491 e. The molecule has 8 atom stereocenters. The Labute approximate surface area is 321 Å². The summed E-state index contributed by atoms with van der Waals surface area (Å²) in [7, 11) is 0. The highest BCUT2D eigenvalue weighted by Crippen LogP contribution is 2.62. The molecular formula is C43H56O10S. The van der Waals surface area contributed by atoms with Crippen LogP contribution in [0.4, 0.5) is 0 Å². The van der Waals surface area contributed by atoms with Gasteiger partial charge in [-0.25, -0.2) is 9.00 Å². The Bertz CT molecular complexity index is 1730. The third-order valence-corrected chi connectivity index (χ3v) is 13.1. The summed E-state index contributed by atoms with van der Waals surface area (Å²) in [5.41, 5.74) is 3.24. The highest BCUT2D eigenvalue weighted by molar-refractivity contribution is 7.80. The second-order valence-corrected chi connectivity index (χ2v) is 17.3. The molecule has 0 bridgehead atoms. The first kappa shape index (κ1) is 41.4. The van der Waals surface area contributed by atoms with Crippen molar-refractivity contribution in [2.24, 2.45) is 22.7 Å². The van der Waals surface area contributed by atoms with E-state index in [2.05, 4.69) is 39.5 Å². The van der Waals surface area contributed by atoms with Gasteiger partial charge in [-0.3, -0.25) is 4.79 Å². The molecule has 0 aromatic heterocycles. The predicted octanol–water partition coefficient (Wildman–Crippen LogP) is 6.85. The van der Waals surface area contributed by atoms with Gasteiger partial charge >= 0.3 is 11.9 Å². The van der Waals surface area contributed by atoms with Gasteiger partial charge in [0.05, 0.1) is 10.7 Å². The summed E-state index contributed by atoms with van der Waals surface area (Å²) in [4.78, 5) is 24.9. The molecule has 0 heterocycles. The van der Waals surface area contributed by atoms with Crippen molar-refractivity contribution in [1.82, 2.24) is 0 Å². The topological polar surface area (TPSA) is 149 Å². The molecule has 1 saturated carbocycles. The summed E-state index contributed by atoms with van der Waals surface area (Å²) in [5, 5.41) is 20.4. The zero-order chi connectivity index (χ0) is 39.3. The molecule has 0 amide bonds. The van der Waals surface area contributed by atoms with Gasteiger partial charge in [0.2, 0.25) is 0 Å². The maximum Gasteiger partial charge on any atom is 0.330 e. The lowest BCUT2D eigenvalue weighted by atomic mass is 9.47. The van der Waals surface area contributed by atoms with Crippen LogP contribution in [0, 0.1) is 22.7 Å². The van der Waals surface area contributed by atoms with E-state index in [9.17, 15) is 28.6 Å². The van der Waals surface area contributed by atoms with Crippen molar-refractivity contribution in [3.63, 3.8) is 0 Å². The van der Waals surface area contributed by atoms with Crippen molar-refractivity contribution in [2.45, 2.75) is 96.0 Å². The molecule has 1 fully saturated rings. The second-order valence-electron chi connectivity index (χ2n) is 16.0. The number of allylic oxidation sites excluding steroid dienone is 3. The molecule has 0 radical (unpaired) electrons. The Morgan fingerprint density at radius 3 is 2.02 bits per heavy atom. The maximum absolute atomic E-state index is 13.7.